The van der Waals surface area contributed by atoms with E-state index in [1.165, 1.54) is 16.3 Å². The first-order valence-electron chi connectivity index (χ1n) is 12.2. The lowest BCUT2D eigenvalue weighted by Gasteiger charge is -2.13. The molecule has 5 aromatic carbocycles. The number of carbonyl (C=O) groups excluding carboxylic acids is 1. The van der Waals surface area contributed by atoms with Gasteiger partial charge in [0.15, 0.2) is 0 Å². The van der Waals surface area contributed by atoms with E-state index < -0.39 is 5.97 Å². The van der Waals surface area contributed by atoms with Crippen LogP contribution in [-0.4, -0.2) is 15.5 Å². The second-order valence-corrected chi connectivity index (χ2v) is 8.81. The minimum atomic E-state index is -0.410. The van der Waals surface area contributed by atoms with Gasteiger partial charge >= 0.3 is 5.97 Å². The van der Waals surface area contributed by atoms with Crippen molar-refractivity contribution in [1.82, 2.24) is 9.55 Å². The number of fused-ring (bicyclic) bond motifs is 2. The van der Waals surface area contributed by atoms with Crippen LogP contribution in [0.2, 0.25) is 0 Å². The van der Waals surface area contributed by atoms with Gasteiger partial charge < -0.3 is 9.30 Å². The van der Waals surface area contributed by atoms with Gasteiger partial charge in [0.1, 0.15) is 11.6 Å². The van der Waals surface area contributed by atoms with Crippen molar-refractivity contribution < 1.29 is 9.53 Å². The number of hydrogen-bond donors (Lipinski definition) is 0. The molecule has 0 fully saturated rings. The van der Waals surface area contributed by atoms with Crippen LogP contribution in [0.25, 0.3) is 33.6 Å². The zero-order valence-electron chi connectivity index (χ0n) is 20.1. The molecule has 0 spiro atoms. The summed E-state index contributed by atoms with van der Waals surface area (Å²) < 4.78 is 8.14. The average molecular weight is 481 g/mol. The molecule has 1 aromatic heterocycles. The van der Waals surface area contributed by atoms with E-state index in [0.717, 1.165) is 16.6 Å². The van der Waals surface area contributed by atoms with E-state index in [-0.39, 0.29) is 0 Å². The van der Waals surface area contributed by atoms with Crippen LogP contribution in [0.5, 0.6) is 0 Å². The van der Waals surface area contributed by atoms with Gasteiger partial charge in [-0.25, -0.2) is 9.78 Å². The Hall–Kier alpha value is -4.96. The predicted octanol–water partition coefficient (Wildman–Crippen LogP) is 7.59. The first-order valence-corrected chi connectivity index (χ1v) is 12.2. The lowest BCUT2D eigenvalue weighted by Crippen LogP contribution is -2.06. The molecule has 0 saturated heterocycles. The third-order valence-electron chi connectivity index (χ3n) is 6.42. The number of aromatic nitrogens is 2. The van der Waals surface area contributed by atoms with Crippen LogP contribution in [0.3, 0.4) is 0 Å². The number of ether oxygens (including phenoxy) is 1. The normalized spacial score (nSPS) is 11.6. The second-order valence-electron chi connectivity index (χ2n) is 8.81. The first kappa shape index (κ1) is 22.5. The summed E-state index contributed by atoms with van der Waals surface area (Å²) in [6, 6.07) is 41.5. The predicted molar refractivity (Wildman–Crippen MR) is 149 cm³/mol. The molecule has 4 nitrogen and oxygen atoms in total. The monoisotopic (exact) mass is 480 g/mol. The highest BCUT2D eigenvalue weighted by Crippen LogP contribution is 2.27. The number of nitrogens with zero attached hydrogens (tertiary/aromatic N) is 2. The molecular formula is C33H24N2O2. The van der Waals surface area contributed by atoms with Gasteiger partial charge in [0.2, 0.25) is 0 Å². The van der Waals surface area contributed by atoms with Crippen molar-refractivity contribution >= 4 is 39.6 Å². The highest BCUT2D eigenvalue weighted by Gasteiger charge is 2.16. The number of esters is 1. The van der Waals surface area contributed by atoms with Crippen molar-refractivity contribution in [2.45, 2.75) is 6.54 Å². The van der Waals surface area contributed by atoms with E-state index >= 15 is 0 Å². The molecule has 0 atom stereocenters. The topological polar surface area (TPSA) is 44.1 Å². The van der Waals surface area contributed by atoms with E-state index in [1.807, 2.05) is 72.8 Å². The third-order valence-corrected chi connectivity index (χ3v) is 6.42. The zero-order valence-corrected chi connectivity index (χ0v) is 20.1. The van der Waals surface area contributed by atoms with Crippen molar-refractivity contribution in [3.63, 3.8) is 0 Å². The molecule has 6 rings (SSSR count). The van der Waals surface area contributed by atoms with E-state index in [1.54, 1.807) is 12.1 Å². The molecule has 1 heterocycles. The molecule has 0 aliphatic rings. The molecule has 0 aliphatic heterocycles. The lowest BCUT2D eigenvalue weighted by molar-refractivity contribution is 0.0693. The van der Waals surface area contributed by atoms with E-state index in [4.69, 9.17) is 9.72 Å². The lowest BCUT2D eigenvalue weighted by atomic mass is 10.0. The van der Waals surface area contributed by atoms with Gasteiger partial charge in [0, 0.05) is 11.6 Å². The summed E-state index contributed by atoms with van der Waals surface area (Å²) in [6.45, 7) is 0.627. The third kappa shape index (κ3) is 4.65. The maximum atomic E-state index is 13.0. The van der Waals surface area contributed by atoms with Crippen molar-refractivity contribution in [3.8, 4) is 0 Å². The van der Waals surface area contributed by atoms with Crippen LogP contribution in [0, 0.1) is 0 Å². The number of hydrogen-bond acceptors (Lipinski definition) is 3. The number of carbonyl (C=O) groups is 1. The summed E-state index contributed by atoms with van der Waals surface area (Å²) >= 11 is 0. The molecule has 37 heavy (non-hydrogen) atoms. The highest BCUT2D eigenvalue weighted by molar-refractivity contribution is 5.95. The number of imidazole rings is 1. The Balaban J connectivity index is 1.48. The minimum absolute atomic E-state index is 0.410. The molecule has 0 bridgehead atoms. The van der Waals surface area contributed by atoms with Gasteiger partial charge in [0.25, 0.3) is 0 Å². The minimum Gasteiger partial charge on any atom is -0.422 e. The fourth-order valence-electron chi connectivity index (χ4n) is 4.60. The van der Waals surface area contributed by atoms with Crippen molar-refractivity contribution in [2.75, 3.05) is 0 Å². The molecule has 0 aliphatic carbocycles. The average Bonchev–Trinajstić information content (AvgIpc) is 3.30. The fraction of sp³-hybridized carbons (Fsp3) is 0.0303. The second kappa shape index (κ2) is 9.96. The summed E-state index contributed by atoms with van der Waals surface area (Å²) in [5, 5.41) is 2.40. The molecular weight excluding hydrogens is 456 g/mol. The highest BCUT2D eigenvalue weighted by atomic mass is 16.5. The van der Waals surface area contributed by atoms with Crippen LogP contribution < -0.4 is 0 Å². The van der Waals surface area contributed by atoms with Gasteiger partial charge in [-0.15, -0.1) is 0 Å². The van der Waals surface area contributed by atoms with Gasteiger partial charge in [0.05, 0.1) is 23.1 Å². The van der Waals surface area contributed by atoms with Crippen molar-refractivity contribution in [1.29, 1.82) is 0 Å². The largest absolute Gasteiger partial charge is 0.422 e. The molecule has 0 N–H and O–H groups in total. The van der Waals surface area contributed by atoms with E-state index in [0.29, 0.717) is 23.7 Å². The number of rotatable bonds is 6. The maximum absolute atomic E-state index is 13.0. The maximum Gasteiger partial charge on any atom is 0.343 e. The van der Waals surface area contributed by atoms with Gasteiger partial charge in [-0.2, -0.15) is 0 Å². The molecule has 0 saturated carbocycles. The summed E-state index contributed by atoms with van der Waals surface area (Å²) in [7, 11) is 0. The molecule has 0 radical (unpaired) electrons. The Kier molecular flexibility index (Phi) is 6.05. The smallest absolute Gasteiger partial charge is 0.343 e. The van der Waals surface area contributed by atoms with Crippen LogP contribution in [-0.2, 0) is 11.3 Å². The Bertz CT molecular complexity index is 1730. The standard InChI is InChI=1S/C33H24N2O2/c36-33(26-15-5-2-6-16-26)37-31(25-13-3-1-4-14-25)22-32-34-29-20-9-10-21-30(29)35(32)23-27-18-11-17-24-12-7-8-19-28(24)27/h1-22H,23H2/b31-22+. The Morgan fingerprint density at radius 2 is 1.35 bits per heavy atom. The molecule has 6 aromatic rings. The molecule has 0 amide bonds. The zero-order chi connectivity index (χ0) is 25.0. The van der Waals surface area contributed by atoms with Crippen LogP contribution in [0.4, 0.5) is 0 Å². The summed E-state index contributed by atoms with van der Waals surface area (Å²) in [5.74, 6) is 0.755. The van der Waals surface area contributed by atoms with Crippen molar-refractivity contribution in [3.05, 3.63) is 150 Å². The fourth-order valence-corrected chi connectivity index (χ4v) is 4.60. The number of para-hydroxylation sites is 2. The first-order chi connectivity index (χ1) is 18.3. The number of benzene rings is 5. The van der Waals surface area contributed by atoms with Crippen LogP contribution in [0.15, 0.2) is 127 Å². The Morgan fingerprint density at radius 1 is 0.703 bits per heavy atom. The van der Waals surface area contributed by atoms with Gasteiger partial charge in [-0.3, -0.25) is 0 Å². The SMILES string of the molecule is O=C(O/C(=C/c1nc2ccccc2n1Cc1cccc2ccccc12)c1ccccc1)c1ccccc1. The van der Waals surface area contributed by atoms with Gasteiger partial charge in [-0.05, 0) is 40.6 Å². The molecule has 0 unspecified atom stereocenters. The quantitative estimate of drug-likeness (QED) is 0.182. The Labute approximate surface area is 215 Å². The summed E-state index contributed by atoms with van der Waals surface area (Å²) in [6.07, 6.45) is 1.86. The Morgan fingerprint density at radius 3 is 2.16 bits per heavy atom. The van der Waals surface area contributed by atoms with E-state index in [9.17, 15) is 4.79 Å². The van der Waals surface area contributed by atoms with E-state index in [2.05, 4.69) is 53.1 Å². The van der Waals surface area contributed by atoms with Gasteiger partial charge in [-0.1, -0.05) is 103 Å². The molecule has 4 heteroatoms. The summed E-state index contributed by atoms with van der Waals surface area (Å²) in [4.78, 5) is 18.0. The van der Waals surface area contributed by atoms with Crippen LogP contribution in [0.1, 0.15) is 27.3 Å². The summed E-state index contributed by atoms with van der Waals surface area (Å²) in [5.41, 5.74) is 4.39. The van der Waals surface area contributed by atoms with Crippen LogP contribution >= 0.6 is 0 Å². The van der Waals surface area contributed by atoms with Crippen molar-refractivity contribution in [2.24, 2.45) is 0 Å². The molecule has 178 valence electrons.